The van der Waals surface area contributed by atoms with Gasteiger partial charge in [-0.05, 0) is 36.9 Å². The van der Waals surface area contributed by atoms with Crippen molar-refractivity contribution in [3.05, 3.63) is 34.3 Å². The zero-order valence-electron chi connectivity index (χ0n) is 11.8. The monoisotopic (exact) mass is 295 g/mol. The van der Waals surface area contributed by atoms with Gasteiger partial charge in [-0.1, -0.05) is 42.2 Å². The Hall–Kier alpha value is -1.26. The van der Waals surface area contributed by atoms with Crippen molar-refractivity contribution >= 4 is 17.4 Å². The van der Waals surface area contributed by atoms with Crippen LogP contribution in [0.25, 0.3) is 0 Å². The van der Waals surface area contributed by atoms with Crippen LogP contribution in [-0.2, 0) is 6.54 Å². The molecule has 0 saturated carbocycles. The summed E-state index contributed by atoms with van der Waals surface area (Å²) in [7, 11) is 0. The molecule has 110 valence electrons. The zero-order valence-corrected chi connectivity index (χ0v) is 12.6. The SMILES string of the molecule is CCC1CCCN(Cc2ccc(/C(N)=N/O)cc2Cl)C1. The summed E-state index contributed by atoms with van der Waals surface area (Å²) in [5.74, 6) is 0.890. The summed E-state index contributed by atoms with van der Waals surface area (Å²) in [6.45, 7) is 5.41. The van der Waals surface area contributed by atoms with Gasteiger partial charge in [-0.25, -0.2) is 0 Å². The van der Waals surface area contributed by atoms with Crippen LogP contribution < -0.4 is 5.73 Å². The molecule has 0 bridgehead atoms. The van der Waals surface area contributed by atoms with Gasteiger partial charge in [0.15, 0.2) is 5.84 Å². The predicted octanol–water partition coefficient (Wildman–Crippen LogP) is 3.06. The molecule has 4 nitrogen and oxygen atoms in total. The van der Waals surface area contributed by atoms with Gasteiger partial charge in [-0.2, -0.15) is 0 Å². The highest BCUT2D eigenvalue weighted by molar-refractivity contribution is 6.31. The van der Waals surface area contributed by atoms with Gasteiger partial charge in [0.1, 0.15) is 0 Å². The first-order valence-corrected chi connectivity index (χ1v) is 7.50. The molecule has 3 N–H and O–H groups in total. The number of nitrogens with zero attached hydrogens (tertiary/aromatic N) is 2. The van der Waals surface area contributed by atoms with E-state index in [1.54, 1.807) is 6.07 Å². The summed E-state index contributed by atoms with van der Waals surface area (Å²) in [6, 6.07) is 5.57. The van der Waals surface area contributed by atoms with Crippen LogP contribution in [0.4, 0.5) is 0 Å². The van der Waals surface area contributed by atoms with E-state index in [2.05, 4.69) is 17.0 Å². The maximum Gasteiger partial charge on any atom is 0.170 e. The third-order valence-corrected chi connectivity index (χ3v) is 4.38. The van der Waals surface area contributed by atoms with Gasteiger partial charge >= 0.3 is 0 Å². The number of hydrogen-bond acceptors (Lipinski definition) is 3. The van der Waals surface area contributed by atoms with Crippen molar-refractivity contribution in [2.75, 3.05) is 13.1 Å². The molecule has 1 aliphatic rings. The zero-order chi connectivity index (χ0) is 14.5. The number of piperidine rings is 1. The minimum Gasteiger partial charge on any atom is -0.409 e. The van der Waals surface area contributed by atoms with E-state index in [1.807, 2.05) is 12.1 Å². The first-order chi connectivity index (χ1) is 9.63. The lowest BCUT2D eigenvalue weighted by atomic mass is 9.95. The minimum absolute atomic E-state index is 0.0856. The Morgan fingerprint density at radius 3 is 3.00 bits per heavy atom. The van der Waals surface area contributed by atoms with Crippen molar-refractivity contribution in [3.63, 3.8) is 0 Å². The van der Waals surface area contributed by atoms with E-state index < -0.39 is 0 Å². The fourth-order valence-electron chi connectivity index (χ4n) is 2.76. The maximum absolute atomic E-state index is 8.68. The standard InChI is InChI=1S/C15H22ClN3O/c1-2-11-4-3-7-19(9-11)10-13-6-5-12(8-14(13)16)15(17)18-20/h5-6,8,11,20H,2-4,7,9-10H2,1H3,(H2,17,18). The molecule has 1 saturated heterocycles. The van der Waals surface area contributed by atoms with E-state index in [9.17, 15) is 0 Å². The van der Waals surface area contributed by atoms with Crippen molar-refractivity contribution in [2.45, 2.75) is 32.7 Å². The fraction of sp³-hybridized carbons (Fsp3) is 0.533. The largest absolute Gasteiger partial charge is 0.409 e. The third-order valence-electron chi connectivity index (χ3n) is 4.03. The average molecular weight is 296 g/mol. The smallest absolute Gasteiger partial charge is 0.170 e. The van der Waals surface area contributed by atoms with Gasteiger partial charge in [0.05, 0.1) is 0 Å². The summed E-state index contributed by atoms with van der Waals surface area (Å²) in [5, 5.41) is 12.3. The van der Waals surface area contributed by atoms with Crippen molar-refractivity contribution in [2.24, 2.45) is 16.8 Å². The molecule has 0 spiro atoms. The van der Waals surface area contributed by atoms with Crippen LogP contribution in [0, 0.1) is 5.92 Å². The highest BCUT2D eigenvalue weighted by atomic mass is 35.5. The van der Waals surface area contributed by atoms with E-state index in [0.717, 1.165) is 31.1 Å². The number of likely N-dealkylation sites (tertiary alicyclic amines) is 1. The Labute approximate surface area is 125 Å². The molecule has 1 aromatic carbocycles. The highest BCUT2D eigenvalue weighted by Crippen LogP contribution is 2.24. The molecule has 20 heavy (non-hydrogen) atoms. The fourth-order valence-corrected chi connectivity index (χ4v) is 3.00. The first-order valence-electron chi connectivity index (χ1n) is 7.12. The van der Waals surface area contributed by atoms with Crippen molar-refractivity contribution in [1.82, 2.24) is 4.90 Å². The van der Waals surface area contributed by atoms with Gasteiger partial charge in [0.2, 0.25) is 0 Å². The topological polar surface area (TPSA) is 61.8 Å². The molecule has 0 aromatic heterocycles. The molecule has 1 aliphatic heterocycles. The second-order valence-corrected chi connectivity index (χ2v) is 5.85. The van der Waals surface area contributed by atoms with Gasteiger partial charge in [0.25, 0.3) is 0 Å². The Kier molecular flexibility index (Phi) is 5.26. The number of rotatable bonds is 4. The average Bonchev–Trinajstić information content (AvgIpc) is 2.48. The summed E-state index contributed by atoms with van der Waals surface area (Å²) in [5.41, 5.74) is 7.30. The minimum atomic E-state index is 0.0856. The summed E-state index contributed by atoms with van der Waals surface area (Å²) in [6.07, 6.45) is 3.84. The molecule has 5 heteroatoms. The number of halogens is 1. The molecule has 1 unspecified atom stereocenters. The van der Waals surface area contributed by atoms with Crippen LogP contribution in [0.3, 0.4) is 0 Å². The Bertz CT molecular complexity index is 490. The second-order valence-electron chi connectivity index (χ2n) is 5.44. The molecular weight excluding hydrogens is 274 g/mol. The van der Waals surface area contributed by atoms with Gasteiger partial charge in [-0.3, -0.25) is 4.90 Å². The first kappa shape index (κ1) is 15.1. The highest BCUT2D eigenvalue weighted by Gasteiger charge is 2.19. The van der Waals surface area contributed by atoms with Crippen molar-refractivity contribution < 1.29 is 5.21 Å². The number of oxime groups is 1. The van der Waals surface area contributed by atoms with Crippen molar-refractivity contribution in [3.8, 4) is 0 Å². The third kappa shape index (κ3) is 3.64. The quantitative estimate of drug-likeness (QED) is 0.388. The molecule has 1 atom stereocenters. The van der Waals surface area contributed by atoms with Crippen molar-refractivity contribution in [1.29, 1.82) is 0 Å². The number of hydrogen-bond donors (Lipinski definition) is 2. The molecular formula is C15H22ClN3O. The maximum atomic E-state index is 8.68. The molecule has 0 amide bonds. The van der Waals surface area contributed by atoms with Crippen LogP contribution in [0.2, 0.25) is 5.02 Å². The molecule has 0 aliphatic carbocycles. The van der Waals surface area contributed by atoms with E-state index >= 15 is 0 Å². The Morgan fingerprint density at radius 2 is 2.35 bits per heavy atom. The molecule has 2 rings (SSSR count). The Morgan fingerprint density at radius 1 is 1.55 bits per heavy atom. The summed E-state index contributed by atoms with van der Waals surface area (Å²) >= 11 is 6.30. The van der Waals surface area contributed by atoms with Crippen LogP contribution >= 0.6 is 11.6 Å². The lowest BCUT2D eigenvalue weighted by Gasteiger charge is -2.32. The summed E-state index contributed by atoms with van der Waals surface area (Å²) in [4.78, 5) is 2.46. The van der Waals surface area contributed by atoms with Gasteiger partial charge in [-0.15, -0.1) is 0 Å². The van der Waals surface area contributed by atoms with Crippen LogP contribution in [0.1, 0.15) is 37.3 Å². The number of amidine groups is 1. The van der Waals surface area contributed by atoms with Crippen LogP contribution in [-0.4, -0.2) is 29.0 Å². The molecule has 1 fully saturated rings. The normalized spacial score (nSPS) is 21.1. The Balaban J connectivity index is 2.06. The summed E-state index contributed by atoms with van der Waals surface area (Å²) < 4.78 is 0. The lowest BCUT2D eigenvalue weighted by Crippen LogP contribution is -2.34. The van der Waals surface area contributed by atoms with Gasteiger partial charge in [0, 0.05) is 23.7 Å². The van der Waals surface area contributed by atoms with E-state index in [4.69, 9.17) is 22.5 Å². The van der Waals surface area contributed by atoms with E-state index in [0.29, 0.717) is 10.6 Å². The second kappa shape index (κ2) is 6.95. The predicted molar refractivity (Wildman–Crippen MR) is 82.3 cm³/mol. The molecule has 0 radical (unpaired) electrons. The van der Waals surface area contributed by atoms with Crippen LogP contribution in [0.5, 0.6) is 0 Å². The van der Waals surface area contributed by atoms with E-state index in [1.165, 1.54) is 19.3 Å². The van der Waals surface area contributed by atoms with Crippen LogP contribution in [0.15, 0.2) is 23.4 Å². The van der Waals surface area contributed by atoms with E-state index in [-0.39, 0.29) is 5.84 Å². The molecule has 1 aromatic rings. The number of nitrogens with two attached hydrogens (primary N) is 1. The molecule has 1 heterocycles. The lowest BCUT2D eigenvalue weighted by molar-refractivity contribution is 0.165. The van der Waals surface area contributed by atoms with Gasteiger partial charge < -0.3 is 10.9 Å². The number of benzene rings is 1.